The molecule has 0 saturated heterocycles. The van der Waals surface area contributed by atoms with E-state index in [1.807, 2.05) is 91.0 Å². The molecular weight excluding hydrogens is 470 g/mol. The van der Waals surface area contributed by atoms with Crippen LogP contribution in [0.4, 0.5) is 14.6 Å². The molecule has 0 atom stereocenters. The number of aromatic nitrogens is 5. The van der Waals surface area contributed by atoms with E-state index in [2.05, 4.69) is 15.0 Å². The predicted octanol–water partition coefficient (Wildman–Crippen LogP) is 5.59. The fraction of sp³-hybridized carbons (Fsp3) is 0.0345. The minimum Gasteiger partial charge on any atom is -0.381 e. The molecule has 3 aromatic heterocycles. The van der Waals surface area contributed by atoms with Gasteiger partial charge in [0.15, 0.2) is 23.1 Å². The number of hydrogen-bond acceptors (Lipinski definition) is 5. The van der Waals surface area contributed by atoms with Crippen molar-refractivity contribution >= 4 is 16.9 Å². The second-order valence-electron chi connectivity index (χ2n) is 8.52. The molecule has 3 aromatic carbocycles. The molecule has 0 fully saturated rings. The lowest BCUT2D eigenvalue weighted by Gasteiger charge is -2.36. The van der Waals surface area contributed by atoms with Gasteiger partial charge in [-0.25, -0.2) is 28.4 Å². The lowest BCUT2D eigenvalue weighted by molar-refractivity contribution is 0.473. The van der Waals surface area contributed by atoms with Crippen LogP contribution in [-0.4, -0.2) is 24.7 Å². The van der Waals surface area contributed by atoms with Crippen molar-refractivity contribution in [2.45, 2.75) is 5.54 Å². The summed E-state index contributed by atoms with van der Waals surface area (Å²) >= 11 is 0. The number of pyridine rings is 1. The first kappa shape index (κ1) is 22.5. The van der Waals surface area contributed by atoms with E-state index < -0.39 is 17.2 Å². The highest BCUT2D eigenvalue weighted by Gasteiger charge is 2.41. The minimum absolute atomic E-state index is 0.0677. The zero-order chi connectivity index (χ0) is 25.4. The minimum atomic E-state index is -1.00. The number of nitrogen functional groups attached to an aromatic ring is 1. The van der Waals surface area contributed by atoms with Gasteiger partial charge in [-0.2, -0.15) is 5.10 Å². The normalized spacial score (nSPS) is 11.6. The smallest absolute Gasteiger partial charge is 0.183 e. The lowest BCUT2D eigenvalue weighted by atomic mass is 9.77. The molecular formula is C29H20F2N6. The van der Waals surface area contributed by atoms with Crippen LogP contribution >= 0.6 is 0 Å². The molecule has 0 radical (unpaired) electrons. The summed E-state index contributed by atoms with van der Waals surface area (Å²) in [6, 6.07) is 31.0. The Balaban J connectivity index is 1.79. The molecule has 0 aliphatic heterocycles. The largest absolute Gasteiger partial charge is 0.381 e. The molecule has 6 rings (SSSR count). The first-order valence-electron chi connectivity index (χ1n) is 11.6. The quantitative estimate of drug-likeness (QED) is 0.319. The van der Waals surface area contributed by atoms with Gasteiger partial charge in [0.05, 0.1) is 17.8 Å². The summed E-state index contributed by atoms with van der Waals surface area (Å²) in [6.45, 7) is 0. The van der Waals surface area contributed by atoms with Gasteiger partial charge in [-0.1, -0.05) is 91.0 Å². The number of rotatable bonds is 5. The van der Waals surface area contributed by atoms with Gasteiger partial charge in [0.25, 0.3) is 0 Å². The van der Waals surface area contributed by atoms with Crippen molar-refractivity contribution in [2.24, 2.45) is 0 Å². The third-order valence-corrected chi connectivity index (χ3v) is 6.36. The van der Waals surface area contributed by atoms with E-state index in [1.54, 1.807) is 4.68 Å². The summed E-state index contributed by atoms with van der Waals surface area (Å²) in [5.41, 5.74) is 8.12. The van der Waals surface area contributed by atoms with E-state index in [1.165, 1.54) is 6.07 Å². The van der Waals surface area contributed by atoms with Crippen LogP contribution in [0.25, 0.3) is 22.6 Å². The van der Waals surface area contributed by atoms with Crippen LogP contribution in [0.15, 0.2) is 109 Å². The molecule has 0 unspecified atom stereocenters. The van der Waals surface area contributed by atoms with E-state index in [9.17, 15) is 8.78 Å². The van der Waals surface area contributed by atoms with E-state index in [-0.39, 0.29) is 17.3 Å². The van der Waals surface area contributed by atoms with Crippen LogP contribution < -0.4 is 5.73 Å². The van der Waals surface area contributed by atoms with Crippen LogP contribution in [-0.2, 0) is 5.54 Å². The van der Waals surface area contributed by atoms with Gasteiger partial charge >= 0.3 is 0 Å². The fourth-order valence-electron chi connectivity index (χ4n) is 4.77. The Morgan fingerprint density at radius 3 is 1.76 bits per heavy atom. The van der Waals surface area contributed by atoms with Gasteiger partial charge < -0.3 is 5.73 Å². The summed E-state index contributed by atoms with van der Waals surface area (Å²) in [5.74, 6) is -1.55. The third kappa shape index (κ3) is 3.61. The van der Waals surface area contributed by atoms with Crippen LogP contribution in [0.3, 0.4) is 0 Å². The van der Waals surface area contributed by atoms with Gasteiger partial charge in [0.2, 0.25) is 0 Å². The van der Waals surface area contributed by atoms with Crippen molar-refractivity contribution < 1.29 is 8.78 Å². The summed E-state index contributed by atoms with van der Waals surface area (Å²) in [5, 5.41) is 5.33. The van der Waals surface area contributed by atoms with Crippen molar-refractivity contribution in [3.63, 3.8) is 0 Å². The molecule has 37 heavy (non-hydrogen) atoms. The Morgan fingerprint density at radius 2 is 1.24 bits per heavy atom. The number of hydrogen-bond donors (Lipinski definition) is 1. The molecule has 0 amide bonds. The summed E-state index contributed by atoms with van der Waals surface area (Å²) < 4.78 is 30.2. The zero-order valence-electron chi connectivity index (χ0n) is 19.5. The first-order valence-corrected chi connectivity index (χ1v) is 11.6. The van der Waals surface area contributed by atoms with Gasteiger partial charge in [-0.3, -0.25) is 0 Å². The van der Waals surface area contributed by atoms with Gasteiger partial charge in [0.1, 0.15) is 17.1 Å². The number of halogens is 2. The summed E-state index contributed by atoms with van der Waals surface area (Å²) in [7, 11) is 0. The molecule has 6 nitrogen and oxygen atoms in total. The highest BCUT2D eigenvalue weighted by Crippen LogP contribution is 2.43. The van der Waals surface area contributed by atoms with Crippen molar-refractivity contribution in [3.8, 4) is 11.5 Å². The van der Waals surface area contributed by atoms with Crippen molar-refractivity contribution in [2.75, 3.05) is 5.73 Å². The Morgan fingerprint density at radius 1 is 0.703 bits per heavy atom. The lowest BCUT2D eigenvalue weighted by Crippen LogP contribution is -2.38. The number of nitrogens with zero attached hydrogens (tertiary/aromatic N) is 5. The van der Waals surface area contributed by atoms with E-state index in [0.29, 0.717) is 11.0 Å². The highest BCUT2D eigenvalue weighted by molar-refractivity contribution is 5.90. The van der Waals surface area contributed by atoms with E-state index in [0.717, 1.165) is 29.1 Å². The van der Waals surface area contributed by atoms with E-state index >= 15 is 0 Å². The van der Waals surface area contributed by atoms with Gasteiger partial charge in [-0.15, -0.1) is 0 Å². The molecule has 0 aliphatic carbocycles. The maximum atomic E-state index is 14.5. The summed E-state index contributed by atoms with van der Waals surface area (Å²) in [6.07, 6.45) is 2.13. The average Bonchev–Trinajstić information content (AvgIpc) is 3.31. The molecule has 0 saturated carbocycles. The van der Waals surface area contributed by atoms with Crippen LogP contribution in [0.5, 0.6) is 0 Å². The molecule has 8 heteroatoms. The molecule has 2 N–H and O–H groups in total. The fourth-order valence-corrected chi connectivity index (χ4v) is 4.77. The Bertz CT molecular complexity index is 1610. The number of anilines is 1. The second kappa shape index (κ2) is 8.91. The highest BCUT2D eigenvalue weighted by atomic mass is 19.1. The van der Waals surface area contributed by atoms with Crippen molar-refractivity contribution in [3.05, 3.63) is 138 Å². The maximum Gasteiger partial charge on any atom is 0.183 e. The topological polar surface area (TPSA) is 82.5 Å². The Labute approximate surface area is 211 Å². The van der Waals surface area contributed by atoms with Gasteiger partial charge in [0, 0.05) is 0 Å². The predicted molar refractivity (Wildman–Crippen MR) is 137 cm³/mol. The first-order chi connectivity index (χ1) is 18.1. The monoisotopic (exact) mass is 490 g/mol. The molecule has 0 spiro atoms. The zero-order valence-corrected chi connectivity index (χ0v) is 19.5. The van der Waals surface area contributed by atoms with Crippen LogP contribution in [0.2, 0.25) is 0 Å². The molecule has 6 aromatic rings. The molecule has 180 valence electrons. The van der Waals surface area contributed by atoms with Crippen LogP contribution in [0.1, 0.15) is 16.7 Å². The summed E-state index contributed by atoms with van der Waals surface area (Å²) in [4.78, 5) is 12.7. The average molecular weight is 491 g/mol. The second-order valence-corrected chi connectivity index (χ2v) is 8.52. The maximum absolute atomic E-state index is 14.5. The number of benzene rings is 3. The third-order valence-electron chi connectivity index (χ3n) is 6.36. The van der Waals surface area contributed by atoms with Crippen molar-refractivity contribution in [1.82, 2.24) is 24.7 Å². The Hall–Kier alpha value is -4.98. The standard InChI is InChI=1S/C29H20F2N6/c30-22-16-23-25(27-33-18-24(31)26(32)35-27)36-37(28(23)34-17-22)29(19-10-4-1-5-11-19,20-12-6-2-7-13-20)21-14-8-3-9-15-21/h1-18H,(H2,32,33,35). The molecule has 0 aliphatic rings. The van der Waals surface area contributed by atoms with E-state index in [4.69, 9.17) is 10.8 Å². The SMILES string of the molecule is Nc1nc(-c2nn(C(c3ccccc3)(c3ccccc3)c3ccccc3)c3ncc(F)cc23)ncc1F. The Kier molecular flexibility index (Phi) is 5.41. The van der Waals surface area contributed by atoms with Crippen molar-refractivity contribution in [1.29, 1.82) is 0 Å². The van der Waals surface area contributed by atoms with Crippen LogP contribution in [0, 0.1) is 11.6 Å². The number of nitrogens with two attached hydrogens (primary N) is 1. The van der Waals surface area contributed by atoms with Gasteiger partial charge in [-0.05, 0) is 22.8 Å². The molecule has 0 bridgehead atoms. The molecule has 3 heterocycles. The number of fused-ring (bicyclic) bond motifs is 1.